The quantitative estimate of drug-likeness (QED) is 0.874. The summed E-state index contributed by atoms with van der Waals surface area (Å²) in [6.45, 7) is 3.40. The third-order valence-electron chi connectivity index (χ3n) is 2.74. The van der Waals surface area contributed by atoms with Crippen LogP contribution in [0.2, 0.25) is 0 Å². The minimum absolute atomic E-state index is 0.115. The fraction of sp³-hybridized carbons (Fsp3) is 0.214. The van der Waals surface area contributed by atoms with Crippen LogP contribution in [0.5, 0.6) is 0 Å². The monoisotopic (exact) mass is 257 g/mol. The van der Waals surface area contributed by atoms with Gasteiger partial charge in [-0.25, -0.2) is 0 Å². The largest absolute Gasteiger partial charge is 0.369 e. The molecule has 0 saturated carbocycles. The second-order valence-electron chi connectivity index (χ2n) is 4.49. The van der Waals surface area contributed by atoms with Crippen LogP contribution in [0.25, 0.3) is 10.9 Å². The second kappa shape index (κ2) is 5.06. The summed E-state index contributed by atoms with van der Waals surface area (Å²) < 4.78 is 0. The van der Waals surface area contributed by atoms with Crippen molar-refractivity contribution in [3.8, 4) is 0 Å². The number of hydrogen-bond acceptors (Lipinski definition) is 3. The molecule has 19 heavy (non-hydrogen) atoms. The first kappa shape index (κ1) is 13.0. The number of pyridine rings is 1. The number of hydrogen-bond donors (Lipinski definition) is 2. The van der Waals surface area contributed by atoms with Crippen LogP contribution in [0.3, 0.4) is 0 Å². The number of benzene rings is 1. The van der Waals surface area contributed by atoms with Crippen LogP contribution in [-0.4, -0.2) is 16.8 Å². The zero-order chi connectivity index (χ0) is 14.0. The predicted molar refractivity (Wildman–Crippen MR) is 73.7 cm³/mol. The molecular weight excluding hydrogens is 242 g/mol. The molecule has 2 amide bonds. The molecule has 2 rings (SSSR count). The number of anilines is 1. The molecule has 0 spiro atoms. The number of primary amides is 1. The Hall–Kier alpha value is -2.43. The van der Waals surface area contributed by atoms with Gasteiger partial charge in [0.1, 0.15) is 0 Å². The number of aromatic nitrogens is 1. The topological polar surface area (TPSA) is 85.1 Å². The maximum Gasteiger partial charge on any atom is 0.223 e. The number of rotatable bonds is 3. The molecule has 1 aromatic heterocycles. The van der Waals surface area contributed by atoms with Gasteiger partial charge in [0.15, 0.2) is 0 Å². The molecule has 0 radical (unpaired) electrons. The van der Waals surface area contributed by atoms with Gasteiger partial charge in [0.05, 0.1) is 17.6 Å². The van der Waals surface area contributed by atoms with E-state index in [1.54, 1.807) is 6.07 Å². The first-order chi connectivity index (χ1) is 8.95. The van der Waals surface area contributed by atoms with E-state index < -0.39 is 5.91 Å². The number of nitrogens with one attached hydrogen (secondary N) is 1. The van der Waals surface area contributed by atoms with Crippen molar-refractivity contribution in [2.45, 2.75) is 20.3 Å². The molecule has 0 bridgehead atoms. The normalized spacial score (nSPS) is 10.4. The van der Waals surface area contributed by atoms with Gasteiger partial charge in [-0.3, -0.25) is 14.6 Å². The zero-order valence-electron chi connectivity index (χ0n) is 10.9. The van der Waals surface area contributed by atoms with Crippen molar-refractivity contribution in [3.05, 3.63) is 35.5 Å². The van der Waals surface area contributed by atoms with Gasteiger partial charge in [0, 0.05) is 18.0 Å². The number of nitrogens with two attached hydrogens (primary N) is 1. The summed E-state index contributed by atoms with van der Waals surface area (Å²) in [7, 11) is 0. The van der Waals surface area contributed by atoms with Crippen molar-refractivity contribution >= 4 is 28.4 Å². The van der Waals surface area contributed by atoms with Gasteiger partial charge in [-0.1, -0.05) is 0 Å². The van der Waals surface area contributed by atoms with Crippen LogP contribution in [0.4, 0.5) is 5.69 Å². The van der Waals surface area contributed by atoms with E-state index in [-0.39, 0.29) is 12.3 Å². The van der Waals surface area contributed by atoms with Crippen molar-refractivity contribution in [1.29, 1.82) is 0 Å². The fourth-order valence-corrected chi connectivity index (χ4v) is 2.01. The van der Waals surface area contributed by atoms with E-state index in [0.29, 0.717) is 5.69 Å². The van der Waals surface area contributed by atoms with Crippen LogP contribution in [-0.2, 0) is 16.0 Å². The highest BCUT2D eigenvalue weighted by Crippen LogP contribution is 2.22. The maximum absolute atomic E-state index is 11.0. The lowest BCUT2D eigenvalue weighted by Crippen LogP contribution is -2.14. The van der Waals surface area contributed by atoms with Gasteiger partial charge in [0.2, 0.25) is 11.8 Å². The lowest BCUT2D eigenvalue weighted by molar-refractivity contribution is -0.117. The molecule has 98 valence electrons. The molecule has 0 atom stereocenters. The van der Waals surface area contributed by atoms with E-state index in [4.69, 9.17) is 5.73 Å². The summed E-state index contributed by atoms with van der Waals surface area (Å²) in [5.74, 6) is -0.517. The SMILES string of the molecule is CC(=O)Nc1ccc2nc(CC(N)=O)cc(C)c2c1. The molecule has 0 aliphatic carbocycles. The second-order valence-corrected chi connectivity index (χ2v) is 4.49. The number of amides is 2. The van der Waals surface area contributed by atoms with E-state index in [9.17, 15) is 9.59 Å². The molecule has 5 nitrogen and oxygen atoms in total. The van der Waals surface area contributed by atoms with E-state index in [2.05, 4.69) is 10.3 Å². The molecule has 0 saturated heterocycles. The highest BCUT2D eigenvalue weighted by molar-refractivity contribution is 5.93. The summed E-state index contributed by atoms with van der Waals surface area (Å²) in [5, 5.41) is 3.67. The van der Waals surface area contributed by atoms with Crippen LogP contribution >= 0.6 is 0 Å². The van der Waals surface area contributed by atoms with E-state index in [1.807, 2.05) is 25.1 Å². The van der Waals surface area contributed by atoms with Gasteiger partial charge < -0.3 is 11.1 Å². The molecule has 5 heteroatoms. The molecule has 0 fully saturated rings. The number of carbonyl (C=O) groups is 2. The first-order valence-corrected chi connectivity index (χ1v) is 5.92. The lowest BCUT2D eigenvalue weighted by atomic mass is 10.1. The summed E-state index contributed by atoms with van der Waals surface area (Å²) in [5.41, 5.74) is 8.33. The highest BCUT2D eigenvalue weighted by Gasteiger charge is 2.06. The summed E-state index contributed by atoms with van der Waals surface area (Å²) in [4.78, 5) is 26.3. The van der Waals surface area contributed by atoms with E-state index >= 15 is 0 Å². The van der Waals surface area contributed by atoms with Gasteiger partial charge in [-0.05, 0) is 36.8 Å². The van der Waals surface area contributed by atoms with Crippen LogP contribution < -0.4 is 11.1 Å². The number of aryl methyl sites for hydroxylation is 1. The summed E-state index contributed by atoms with van der Waals surface area (Å²) in [6.07, 6.45) is 0.129. The Balaban J connectivity index is 2.47. The van der Waals surface area contributed by atoms with Crippen molar-refractivity contribution in [3.63, 3.8) is 0 Å². The fourth-order valence-electron chi connectivity index (χ4n) is 2.01. The molecule has 1 heterocycles. The molecular formula is C14H15N3O2. The lowest BCUT2D eigenvalue weighted by Gasteiger charge is -2.08. The molecule has 0 aliphatic rings. The van der Waals surface area contributed by atoms with Gasteiger partial charge >= 0.3 is 0 Å². The molecule has 3 N–H and O–H groups in total. The third kappa shape index (κ3) is 3.07. The van der Waals surface area contributed by atoms with E-state index in [0.717, 1.165) is 22.2 Å². The standard InChI is InChI=1S/C14H15N3O2/c1-8-5-11(7-14(15)19)17-13-4-3-10(6-12(8)13)16-9(2)18/h3-6H,7H2,1-2H3,(H2,15,19)(H,16,18). The number of nitrogens with zero attached hydrogens (tertiary/aromatic N) is 1. The molecule has 0 unspecified atom stereocenters. The average molecular weight is 257 g/mol. The van der Waals surface area contributed by atoms with Gasteiger partial charge in [-0.2, -0.15) is 0 Å². The smallest absolute Gasteiger partial charge is 0.223 e. The molecule has 0 aliphatic heterocycles. The Morgan fingerprint density at radius 1 is 1.32 bits per heavy atom. The zero-order valence-corrected chi connectivity index (χ0v) is 10.9. The number of carbonyl (C=O) groups excluding carboxylic acids is 2. The highest BCUT2D eigenvalue weighted by atomic mass is 16.1. The van der Waals surface area contributed by atoms with Crippen LogP contribution in [0, 0.1) is 6.92 Å². The molecule has 2 aromatic rings. The predicted octanol–water partition coefficient (Wildman–Crippen LogP) is 1.53. The van der Waals surface area contributed by atoms with Crippen LogP contribution in [0.1, 0.15) is 18.2 Å². The Morgan fingerprint density at radius 3 is 2.68 bits per heavy atom. The molecule has 1 aromatic carbocycles. The maximum atomic E-state index is 11.0. The third-order valence-corrected chi connectivity index (χ3v) is 2.74. The minimum Gasteiger partial charge on any atom is -0.369 e. The first-order valence-electron chi connectivity index (χ1n) is 5.92. The Kier molecular flexibility index (Phi) is 3.46. The van der Waals surface area contributed by atoms with Crippen molar-refractivity contribution in [1.82, 2.24) is 4.98 Å². The van der Waals surface area contributed by atoms with E-state index in [1.165, 1.54) is 6.92 Å². The Bertz CT molecular complexity index is 665. The van der Waals surface area contributed by atoms with Crippen molar-refractivity contribution < 1.29 is 9.59 Å². The van der Waals surface area contributed by atoms with Gasteiger partial charge in [0.25, 0.3) is 0 Å². The Morgan fingerprint density at radius 2 is 2.05 bits per heavy atom. The Labute approximate surface area is 110 Å². The van der Waals surface area contributed by atoms with Gasteiger partial charge in [-0.15, -0.1) is 0 Å². The van der Waals surface area contributed by atoms with Crippen molar-refractivity contribution in [2.24, 2.45) is 5.73 Å². The number of fused-ring (bicyclic) bond motifs is 1. The van der Waals surface area contributed by atoms with Crippen LogP contribution in [0.15, 0.2) is 24.3 Å². The van der Waals surface area contributed by atoms with Crippen molar-refractivity contribution in [2.75, 3.05) is 5.32 Å². The summed E-state index contributed by atoms with van der Waals surface area (Å²) in [6, 6.07) is 7.31. The average Bonchev–Trinajstić information content (AvgIpc) is 2.28. The summed E-state index contributed by atoms with van der Waals surface area (Å²) >= 11 is 0. The minimum atomic E-state index is -0.402.